The Morgan fingerprint density at radius 2 is 2.35 bits per heavy atom. The van der Waals surface area contributed by atoms with Crippen LogP contribution >= 0.6 is 23.5 Å². The van der Waals surface area contributed by atoms with Crippen LogP contribution in [-0.2, 0) is 0 Å². The number of nitrogens with one attached hydrogen (secondary N) is 1. The van der Waals surface area contributed by atoms with E-state index in [1.807, 2.05) is 31.1 Å². The molecule has 0 spiro atoms. The van der Waals surface area contributed by atoms with Gasteiger partial charge >= 0.3 is 0 Å². The summed E-state index contributed by atoms with van der Waals surface area (Å²) in [6.45, 7) is 3.33. The zero-order chi connectivity index (χ0) is 12.3. The summed E-state index contributed by atoms with van der Waals surface area (Å²) in [5.41, 5.74) is 0. The number of anilines is 2. The summed E-state index contributed by atoms with van der Waals surface area (Å²) in [6, 6.07) is 2.58. The van der Waals surface area contributed by atoms with Gasteiger partial charge in [0.2, 0.25) is 0 Å². The van der Waals surface area contributed by atoms with Crippen LogP contribution in [0.3, 0.4) is 0 Å². The van der Waals surface area contributed by atoms with Crippen LogP contribution in [0.5, 0.6) is 0 Å². The van der Waals surface area contributed by atoms with Crippen molar-refractivity contribution < 1.29 is 0 Å². The van der Waals surface area contributed by atoms with E-state index in [0.29, 0.717) is 6.04 Å². The quantitative estimate of drug-likeness (QED) is 0.671. The van der Waals surface area contributed by atoms with Crippen molar-refractivity contribution in [1.82, 2.24) is 9.97 Å². The molecule has 6 heteroatoms. The van der Waals surface area contributed by atoms with Crippen molar-refractivity contribution in [2.24, 2.45) is 0 Å². The molecule has 1 fully saturated rings. The molecular weight excluding hydrogens is 252 g/mol. The van der Waals surface area contributed by atoms with Crippen molar-refractivity contribution in [3.8, 4) is 0 Å². The highest BCUT2D eigenvalue weighted by atomic mass is 32.2. The number of rotatable bonds is 3. The summed E-state index contributed by atoms with van der Waals surface area (Å²) in [6.07, 6.45) is 2.01. The first kappa shape index (κ1) is 12.8. The first-order valence-corrected chi connectivity index (χ1v) is 8.07. The molecule has 17 heavy (non-hydrogen) atoms. The topological polar surface area (TPSA) is 41.0 Å². The van der Waals surface area contributed by atoms with E-state index in [4.69, 9.17) is 0 Å². The van der Waals surface area contributed by atoms with Crippen molar-refractivity contribution in [2.75, 3.05) is 41.6 Å². The molecule has 1 unspecified atom stereocenters. The van der Waals surface area contributed by atoms with Crippen LogP contribution in [-0.4, -0.2) is 47.4 Å². The number of thioether (sulfide) groups is 2. The molecule has 0 bridgehead atoms. The van der Waals surface area contributed by atoms with Gasteiger partial charge in [-0.1, -0.05) is 11.8 Å². The number of hydrogen-bond donors (Lipinski definition) is 1. The van der Waals surface area contributed by atoms with Crippen LogP contribution in [0.15, 0.2) is 11.2 Å². The minimum absolute atomic E-state index is 0.545. The third-order valence-electron chi connectivity index (χ3n) is 2.79. The second kappa shape index (κ2) is 5.82. The molecule has 0 saturated carbocycles. The molecule has 1 saturated heterocycles. The minimum atomic E-state index is 0.545. The Morgan fingerprint density at radius 3 is 3.00 bits per heavy atom. The molecule has 94 valence electrons. The predicted octanol–water partition coefficient (Wildman–Crippen LogP) is 2.18. The summed E-state index contributed by atoms with van der Waals surface area (Å²) >= 11 is 3.60. The molecule has 1 aromatic rings. The molecule has 0 amide bonds. The fourth-order valence-corrected chi connectivity index (χ4v) is 3.23. The van der Waals surface area contributed by atoms with Gasteiger partial charge in [0.15, 0.2) is 5.16 Å². The Labute approximate surface area is 111 Å². The van der Waals surface area contributed by atoms with Crippen LogP contribution < -0.4 is 10.2 Å². The Kier molecular flexibility index (Phi) is 4.39. The fourth-order valence-electron chi connectivity index (χ4n) is 1.85. The predicted molar refractivity (Wildman–Crippen MR) is 77.5 cm³/mol. The van der Waals surface area contributed by atoms with Gasteiger partial charge in [0.25, 0.3) is 0 Å². The third-order valence-corrected chi connectivity index (χ3v) is 4.53. The van der Waals surface area contributed by atoms with E-state index in [2.05, 4.69) is 27.1 Å². The van der Waals surface area contributed by atoms with Gasteiger partial charge in [-0.3, -0.25) is 0 Å². The Bertz CT molecular complexity index is 363. The lowest BCUT2D eigenvalue weighted by atomic mass is 10.3. The zero-order valence-corrected chi connectivity index (χ0v) is 12.1. The highest BCUT2D eigenvalue weighted by molar-refractivity contribution is 7.99. The number of aromatic nitrogens is 2. The molecule has 0 aromatic carbocycles. The van der Waals surface area contributed by atoms with Gasteiger partial charge < -0.3 is 10.2 Å². The Hall–Kier alpha value is -0.620. The highest BCUT2D eigenvalue weighted by Crippen LogP contribution is 2.25. The van der Waals surface area contributed by atoms with Crippen molar-refractivity contribution >= 4 is 35.2 Å². The van der Waals surface area contributed by atoms with Crippen LogP contribution in [0.2, 0.25) is 0 Å². The van der Waals surface area contributed by atoms with Gasteiger partial charge in [-0.25, -0.2) is 9.97 Å². The first-order valence-electron chi connectivity index (χ1n) is 5.70. The summed E-state index contributed by atoms with van der Waals surface area (Å²) in [7, 11) is 1.89. The molecule has 2 rings (SSSR count). The molecule has 1 atom stereocenters. The van der Waals surface area contributed by atoms with Crippen LogP contribution in [0.4, 0.5) is 11.6 Å². The summed E-state index contributed by atoms with van der Waals surface area (Å²) < 4.78 is 0. The molecule has 1 aromatic heterocycles. The molecule has 0 aliphatic carbocycles. The van der Waals surface area contributed by atoms with Crippen molar-refractivity contribution in [1.29, 1.82) is 0 Å². The fraction of sp³-hybridized carbons (Fsp3) is 0.636. The maximum atomic E-state index is 4.60. The molecule has 4 nitrogen and oxygen atoms in total. The van der Waals surface area contributed by atoms with E-state index < -0.39 is 0 Å². The van der Waals surface area contributed by atoms with Gasteiger partial charge in [-0.15, -0.1) is 0 Å². The van der Waals surface area contributed by atoms with E-state index in [1.165, 1.54) is 11.5 Å². The van der Waals surface area contributed by atoms with E-state index >= 15 is 0 Å². The molecule has 0 radical (unpaired) electrons. The van der Waals surface area contributed by atoms with Crippen molar-refractivity contribution in [2.45, 2.75) is 18.1 Å². The maximum Gasteiger partial charge on any atom is 0.191 e. The number of hydrogen-bond acceptors (Lipinski definition) is 6. The normalized spacial score (nSPS) is 20.4. The summed E-state index contributed by atoms with van der Waals surface area (Å²) in [5.74, 6) is 4.29. The number of nitrogens with zero attached hydrogens (tertiary/aromatic N) is 3. The lowest BCUT2D eigenvalue weighted by molar-refractivity contribution is 0.682. The van der Waals surface area contributed by atoms with Gasteiger partial charge in [0.1, 0.15) is 11.6 Å². The second-order valence-corrected chi connectivity index (χ2v) is 5.89. The summed E-state index contributed by atoms with van der Waals surface area (Å²) in [4.78, 5) is 11.4. The maximum absolute atomic E-state index is 4.60. The van der Waals surface area contributed by atoms with E-state index in [-0.39, 0.29) is 0 Å². The largest absolute Gasteiger partial charge is 0.373 e. The summed E-state index contributed by atoms with van der Waals surface area (Å²) in [5, 5.41) is 3.93. The molecule has 1 aliphatic rings. The van der Waals surface area contributed by atoms with Crippen molar-refractivity contribution in [3.63, 3.8) is 0 Å². The smallest absolute Gasteiger partial charge is 0.191 e. The lowest BCUT2D eigenvalue weighted by Crippen LogP contribution is -2.41. The average Bonchev–Trinajstić information content (AvgIpc) is 2.38. The minimum Gasteiger partial charge on any atom is -0.373 e. The van der Waals surface area contributed by atoms with E-state index in [1.54, 1.807) is 11.8 Å². The third kappa shape index (κ3) is 2.98. The lowest BCUT2D eigenvalue weighted by Gasteiger charge is -2.34. The van der Waals surface area contributed by atoms with E-state index in [9.17, 15) is 0 Å². The van der Waals surface area contributed by atoms with Crippen LogP contribution in [0.1, 0.15) is 6.92 Å². The van der Waals surface area contributed by atoms with Crippen molar-refractivity contribution in [3.05, 3.63) is 6.07 Å². The first-order chi connectivity index (χ1) is 8.24. The van der Waals surface area contributed by atoms with Gasteiger partial charge in [0, 0.05) is 37.2 Å². The van der Waals surface area contributed by atoms with Gasteiger partial charge in [-0.05, 0) is 13.2 Å². The molecule has 2 heterocycles. The Morgan fingerprint density at radius 1 is 1.53 bits per heavy atom. The molecule has 1 N–H and O–H groups in total. The second-order valence-electron chi connectivity index (χ2n) is 3.97. The Balaban J connectivity index is 2.29. The monoisotopic (exact) mass is 270 g/mol. The SMILES string of the molecule is CNc1cc(N2CCSCC2C)nc(SC)n1. The standard InChI is InChI=1S/C11H18N4S2/c1-8-7-17-5-4-15(8)10-6-9(12-2)13-11(14-10)16-3/h6,8H,4-5,7H2,1-3H3,(H,12,13,14). The van der Waals surface area contributed by atoms with Crippen LogP contribution in [0.25, 0.3) is 0 Å². The van der Waals surface area contributed by atoms with E-state index in [0.717, 1.165) is 23.3 Å². The van der Waals surface area contributed by atoms with Gasteiger partial charge in [-0.2, -0.15) is 11.8 Å². The molecular formula is C11H18N4S2. The van der Waals surface area contributed by atoms with Gasteiger partial charge in [0.05, 0.1) is 0 Å². The average molecular weight is 270 g/mol. The highest BCUT2D eigenvalue weighted by Gasteiger charge is 2.21. The zero-order valence-electron chi connectivity index (χ0n) is 10.4. The van der Waals surface area contributed by atoms with Crippen LogP contribution in [0, 0.1) is 0 Å². The molecule has 1 aliphatic heterocycles.